The van der Waals surface area contributed by atoms with Crippen molar-refractivity contribution in [2.24, 2.45) is 0 Å². The third-order valence-corrected chi connectivity index (χ3v) is 6.85. The van der Waals surface area contributed by atoms with E-state index in [0.29, 0.717) is 18.0 Å². The lowest BCUT2D eigenvalue weighted by Crippen LogP contribution is -2.52. The van der Waals surface area contributed by atoms with Crippen LogP contribution in [0.4, 0.5) is 4.39 Å². The fraction of sp³-hybridized carbons (Fsp3) is 0.550. The second kappa shape index (κ2) is 7.61. The molecule has 4 nitrogen and oxygen atoms in total. The van der Waals surface area contributed by atoms with Crippen molar-refractivity contribution in [2.75, 3.05) is 37.7 Å². The second-order valence-corrected chi connectivity index (χ2v) is 8.55. The van der Waals surface area contributed by atoms with Crippen LogP contribution in [0, 0.1) is 12.7 Å². The Balaban J connectivity index is 1.40. The number of halogens is 1. The maximum absolute atomic E-state index is 14.0. The fourth-order valence-corrected chi connectivity index (χ4v) is 5.33. The van der Waals surface area contributed by atoms with Gasteiger partial charge in [0.05, 0.1) is 11.9 Å². The fourth-order valence-electron chi connectivity index (χ4n) is 4.25. The molecule has 2 saturated heterocycles. The van der Waals surface area contributed by atoms with Crippen molar-refractivity contribution in [3.63, 3.8) is 0 Å². The van der Waals surface area contributed by atoms with Gasteiger partial charge in [-0.2, -0.15) is 11.8 Å². The third-order valence-electron chi connectivity index (χ3n) is 5.81. The number of carbonyl (C=O) groups is 1. The van der Waals surface area contributed by atoms with Gasteiger partial charge in [-0.1, -0.05) is 12.1 Å². The van der Waals surface area contributed by atoms with E-state index in [1.165, 1.54) is 30.4 Å². The molecule has 1 N–H and O–H groups in total. The van der Waals surface area contributed by atoms with E-state index in [-0.39, 0.29) is 11.7 Å². The number of fused-ring (bicyclic) bond motifs is 1. The number of thioether (sulfide) groups is 1. The van der Waals surface area contributed by atoms with Gasteiger partial charge in [-0.05, 0) is 42.9 Å². The van der Waals surface area contributed by atoms with Crippen molar-refractivity contribution in [3.05, 3.63) is 35.3 Å². The predicted octanol–water partition coefficient (Wildman–Crippen LogP) is 3.20. The normalized spacial score (nSPS) is 20.0. The highest BCUT2D eigenvalue weighted by molar-refractivity contribution is 7.99. The number of piperazine rings is 1. The Morgan fingerprint density at radius 3 is 2.69 bits per heavy atom. The number of nitrogens with one attached hydrogen (secondary N) is 1. The summed E-state index contributed by atoms with van der Waals surface area (Å²) in [5.74, 6) is 2.42. The quantitative estimate of drug-likeness (QED) is 0.896. The maximum Gasteiger partial charge on any atom is 0.227 e. The molecule has 1 aromatic carbocycles. The molecule has 2 aliphatic heterocycles. The lowest BCUT2D eigenvalue weighted by Gasteiger charge is -2.40. The molecule has 140 valence electrons. The summed E-state index contributed by atoms with van der Waals surface area (Å²) in [5.41, 5.74) is 2.32. The van der Waals surface area contributed by atoms with Gasteiger partial charge in [0.2, 0.25) is 5.91 Å². The van der Waals surface area contributed by atoms with Gasteiger partial charge in [0.15, 0.2) is 0 Å². The molecule has 0 aliphatic carbocycles. The molecule has 1 aromatic heterocycles. The number of hydrogen-bond donors (Lipinski definition) is 1. The molecule has 2 fully saturated rings. The lowest BCUT2D eigenvalue weighted by molar-refractivity contribution is -0.132. The standard InChI is InChI=1S/C20H26FN3OS/c1-14-17(16-3-2-4-18(21)20(16)22-14)13-19(25)24-9-7-23(8-10-24)15-5-11-26-12-6-15/h2-4,15,22H,5-13H2,1H3. The summed E-state index contributed by atoms with van der Waals surface area (Å²) in [7, 11) is 0. The van der Waals surface area contributed by atoms with E-state index in [4.69, 9.17) is 0 Å². The summed E-state index contributed by atoms with van der Waals surface area (Å²) < 4.78 is 14.0. The monoisotopic (exact) mass is 375 g/mol. The molecule has 6 heteroatoms. The van der Waals surface area contributed by atoms with Crippen LogP contribution >= 0.6 is 11.8 Å². The number of aromatic amines is 1. The highest BCUT2D eigenvalue weighted by Gasteiger charge is 2.27. The molecule has 0 saturated carbocycles. The van der Waals surface area contributed by atoms with Crippen molar-refractivity contribution in [1.29, 1.82) is 0 Å². The van der Waals surface area contributed by atoms with Crippen LogP contribution in [-0.2, 0) is 11.2 Å². The van der Waals surface area contributed by atoms with Crippen molar-refractivity contribution < 1.29 is 9.18 Å². The van der Waals surface area contributed by atoms with Crippen LogP contribution in [0.1, 0.15) is 24.1 Å². The summed E-state index contributed by atoms with van der Waals surface area (Å²) in [4.78, 5) is 20.5. The summed E-state index contributed by atoms with van der Waals surface area (Å²) in [5, 5.41) is 0.828. The number of aromatic nitrogens is 1. The summed E-state index contributed by atoms with van der Waals surface area (Å²) in [6.45, 7) is 5.47. The zero-order valence-corrected chi connectivity index (χ0v) is 16.1. The van der Waals surface area contributed by atoms with E-state index in [1.54, 1.807) is 6.07 Å². The topological polar surface area (TPSA) is 39.3 Å². The first-order valence-electron chi connectivity index (χ1n) is 9.48. The number of amides is 1. The number of carbonyl (C=O) groups excluding carboxylic acids is 1. The maximum atomic E-state index is 14.0. The van der Waals surface area contributed by atoms with Crippen LogP contribution in [0.15, 0.2) is 18.2 Å². The van der Waals surface area contributed by atoms with Crippen LogP contribution in [0.5, 0.6) is 0 Å². The number of hydrogen-bond acceptors (Lipinski definition) is 3. The van der Waals surface area contributed by atoms with E-state index in [2.05, 4.69) is 21.6 Å². The molecule has 0 spiro atoms. The Morgan fingerprint density at radius 2 is 1.96 bits per heavy atom. The Kier molecular flexibility index (Phi) is 5.23. The van der Waals surface area contributed by atoms with Gasteiger partial charge in [-0.15, -0.1) is 0 Å². The zero-order valence-electron chi connectivity index (χ0n) is 15.3. The molecule has 3 heterocycles. The van der Waals surface area contributed by atoms with Crippen molar-refractivity contribution >= 4 is 28.6 Å². The molecule has 26 heavy (non-hydrogen) atoms. The van der Waals surface area contributed by atoms with Crippen LogP contribution in [0.2, 0.25) is 0 Å². The van der Waals surface area contributed by atoms with Gasteiger partial charge < -0.3 is 9.88 Å². The van der Waals surface area contributed by atoms with E-state index in [1.807, 2.05) is 17.9 Å². The van der Waals surface area contributed by atoms with Crippen LogP contribution in [0.25, 0.3) is 10.9 Å². The van der Waals surface area contributed by atoms with E-state index >= 15 is 0 Å². The first-order chi connectivity index (χ1) is 12.6. The molecule has 4 rings (SSSR count). The van der Waals surface area contributed by atoms with E-state index < -0.39 is 0 Å². The Bertz CT molecular complexity index is 792. The largest absolute Gasteiger partial charge is 0.356 e. The summed E-state index contributed by atoms with van der Waals surface area (Å²) in [6, 6.07) is 5.75. The molecule has 2 aromatic rings. The van der Waals surface area contributed by atoms with Gasteiger partial charge in [0, 0.05) is 43.3 Å². The first kappa shape index (κ1) is 17.9. The van der Waals surface area contributed by atoms with Gasteiger partial charge in [0.25, 0.3) is 0 Å². The number of rotatable bonds is 3. The minimum atomic E-state index is -0.261. The number of aryl methyl sites for hydroxylation is 1. The van der Waals surface area contributed by atoms with Crippen LogP contribution < -0.4 is 0 Å². The summed E-state index contributed by atoms with van der Waals surface area (Å²) in [6.07, 6.45) is 2.90. The molecule has 0 bridgehead atoms. The molecular formula is C20H26FN3OS. The van der Waals surface area contributed by atoms with Crippen LogP contribution in [-0.4, -0.2) is 64.4 Å². The van der Waals surface area contributed by atoms with Gasteiger partial charge in [-0.3, -0.25) is 9.69 Å². The molecule has 0 radical (unpaired) electrons. The molecular weight excluding hydrogens is 349 g/mol. The Morgan fingerprint density at radius 1 is 1.23 bits per heavy atom. The molecule has 2 aliphatic rings. The lowest BCUT2D eigenvalue weighted by atomic mass is 10.1. The van der Waals surface area contributed by atoms with E-state index in [9.17, 15) is 9.18 Å². The first-order valence-corrected chi connectivity index (χ1v) is 10.6. The number of para-hydroxylation sites is 1. The number of benzene rings is 1. The molecule has 0 atom stereocenters. The number of H-pyrrole nitrogens is 1. The molecule has 1 amide bonds. The summed E-state index contributed by atoms with van der Waals surface area (Å²) >= 11 is 2.05. The number of nitrogens with zero attached hydrogens (tertiary/aromatic N) is 2. The highest BCUT2D eigenvalue weighted by Crippen LogP contribution is 2.26. The van der Waals surface area contributed by atoms with Gasteiger partial charge >= 0.3 is 0 Å². The van der Waals surface area contributed by atoms with Crippen LogP contribution in [0.3, 0.4) is 0 Å². The minimum absolute atomic E-state index is 0.150. The van der Waals surface area contributed by atoms with Gasteiger partial charge in [-0.25, -0.2) is 4.39 Å². The molecule has 0 unspecified atom stereocenters. The average molecular weight is 376 g/mol. The highest BCUT2D eigenvalue weighted by atomic mass is 32.2. The van der Waals surface area contributed by atoms with Crippen molar-refractivity contribution in [2.45, 2.75) is 32.2 Å². The third kappa shape index (κ3) is 3.49. The SMILES string of the molecule is Cc1[nH]c2c(F)cccc2c1CC(=O)N1CCN(C2CCSCC2)CC1. The van der Waals surface area contributed by atoms with Gasteiger partial charge in [0.1, 0.15) is 5.82 Å². The van der Waals surface area contributed by atoms with Crippen molar-refractivity contribution in [3.8, 4) is 0 Å². The Hall–Kier alpha value is -1.53. The smallest absolute Gasteiger partial charge is 0.227 e. The zero-order chi connectivity index (χ0) is 18.1. The Labute approximate surface area is 158 Å². The average Bonchev–Trinajstić information content (AvgIpc) is 3.00. The minimum Gasteiger partial charge on any atom is -0.356 e. The van der Waals surface area contributed by atoms with E-state index in [0.717, 1.165) is 42.8 Å². The van der Waals surface area contributed by atoms with Crippen molar-refractivity contribution in [1.82, 2.24) is 14.8 Å². The predicted molar refractivity (Wildman–Crippen MR) is 105 cm³/mol. The second-order valence-electron chi connectivity index (χ2n) is 7.33.